The number of thiophene rings is 1. The minimum Gasteiger partial charge on any atom is -0.390 e. The average molecular weight is 356 g/mol. The fourth-order valence-electron chi connectivity index (χ4n) is 3.87. The highest BCUT2D eigenvalue weighted by atomic mass is 32.2. The Kier molecular flexibility index (Phi) is 3.14. The van der Waals surface area contributed by atoms with Crippen molar-refractivity contribution in [2.24, 2.45) is 0 Å². The van der Waals surface area contributed by atoms with Gasteiger partial charge in [-0.1, -0.05) is 0 Å². The van der Waals surface area contributed by atoms with Crippen LogP contribution in [0.25, 0.3) is 0 Å². The van der Waals surface area contributed by atoms with Crippen molar-refractivity contribution in [1.29, 1.82) is 0 Å². The summed E-state index contributed by atoms with van der Waals surface area (Å²) in [5.74, 6) is -1.23. The summed E-state index contributed by atoms with van der Waals surface area (Å²) in [6.07, 6.45) is 0.917. The summed E-state index contributed by atoms with van der Waals surface area (Å²) in [4.78, 5) is 27.5. The van der Waals surface area contributed by atoms with Crippen LogP contribution in [0.15, 0.2) is 11.4 Å². The quantitative estimate of drug-likeness (QED) is 0.689. The topological polar surface area (TPSA) is 104 Å². The summed E-state index contributed by atoms with van der Waals surface area (Å²) in [7, 11) is -3.44. The normalized spacial score (nSPS) is 35.6. The molecule has 2 saturated heterocycles. The van der Waals surface area contributed by atoms with Crippen LogP contribution in [0, 0.1) is 0 Å². The molecule has 2 aliphatic heterocycles. The maximum atomic E-state index is 13.0. The molecule has 4 rings (SSSR count). The number of carbonyl (C=O) groups excluding carboxylic acids is 2. The van der Waals surface area contributed by atoms with E-state index < -0.39 is 45.2 Å². The lowest BCUT2D eigenvalue weighted by atomic mass is 9.80. The molecule has 0 bridgehead atoms. The zero-order valence-corrected chi connectivity index (χ0v) is 13.8. The van der Waals surface area contributed by atoms with Crippen LogP contribution in [0.1, 0.15) is 23.3 Å². The number of carbonyl (C=O) groups is 2. The van der Waals surface area contributed by atoms with Crippen LogP contribution in [0.5, 0.6) is 0 Å². The van der Waals surface area contributed by atoms with Gasteiger partial charge in [0.05, 0.1) is 23.7 Å². The Hall–Kier alpha value is -1.45. The molecule has 3 aliphatic rings. The van der Waals surface area contributed by atoms with Gasteiger partial charge < -0.3 is 10.4 Å². The summed E-state index contributed by atoms with van der Waals surface area (Å²) in [5, 5.41) is 14.7. The van der Waals surface area contributed by atoms with E-state index in [0.29, 0.717) is 6.42 Å². The number of hydrogen-bond donors (Lipinski definition) is 2. The molecule has 2 N–H and O–H groups in total. The van der Waals surface area contributed by atoms with Gasteiger partial charge in [-0.25, -0.2) is 13.2 Å². The van der Waals surface area contributed by atoms with Gasteiger partial charge in [-0.2, -0.15) is 0 Å². The van der Waals surface area contributed by atoms with Gasteiger partial charge in [-0.3, -0.25) is 9.69 Å². The molecule has 1 spiro atoms. The lowest BCUT2D eigenvalue weighted by Gasteiger charge is -2.32. The van der Waals surface area contributed by atoms with Gasteiger partial charge >= 0.3 is 6.03 Å². The first kappa shape index (κ1) is 15.1. The highest BCUT2D eigenvalue weighted by Crippen LogP contribution is 2.43. The SMILES string of the molecule is O=C1N[C@@]2(CCCc3sccc32)C(=O)N1[C@@H]1CS(=O)(=O)C[C@@H]1O. The second kappa shape index (κ2) is 4.78. The minimum atomic E-state index is -3.44. The van der Waals surface area contributed by atoms with Crippen molar-refractivity contribution in [2.45, 2.75) is 36.9 Å². The molecule has 1 aliphatic carbocycles. The van der Waals surface area contributed by atoms with E-state index in [-0.39, 0.29) is 5.75 Å². The van der Waals surface area contributed by atoms with E-state index >= 15 is 0 Å². The molecule has 3 atom stereocenters. The van der Waals surface area contributed by atoms with Crippen molar-refractivity contribution in [3.05, 3.63) is 21.9 Å². The number of sulfone groups is 1. The summed E-state index contributed by atoms with van der Waals surface area (Å²) >= 11 is 1.56. The summed E-state index contributed by atoms with van der Waals surface area (Å²) < 4.78 is 23.4. The molecular formula is C14H16N2O5S2. The highest BCUT2D eigenvalue weighted by Gasteiger charge is 2.58. The second-order valence-electron chi connectivity index (χ2n) is 6.33. The van der Waals surface area contributed by atoms with Crippen molar-refractivity contribution in [1.82, 2.24) is 10.2 Å². The number of nitrogens with one attached hydrogen (secondary N) is 1. The van der Waals surface area contributed by atoms with Gasteiger partial charge in [0.25, 0.3) is 5.91 Å². The Balaban J connectivity index is 1.74. The van der Waals surface area contributed by atoms with Crippen molar-refractivity contribution in [2.75, 3.05) is 11.5 Å². The maximum absolute atomic E-state index is 13.0. The molecule has 1 aromatic heterocycles. The Bertz CT molecular complexity index is 802. The molecular weight excluding hydrogens is 340 g/mol. The molecule has 2 fully saturated rings. The fraction of sp³-hybridized carbons (Fsp3) is 0.571. The van der Waals surface area contributed by atoms with Gasteiger partial charge in [-0.15, -0.1) is 11.3 Å². The van der Waals surface area contributed by atoms with Crippen molar-refractivity contribution in [3.63, 3.8) is 0 Å². The second-order valence-corrected chi connectivity index (χ2v) is 9.49. The average Bonchev–Trinajstić information content (AvgIpc) is 3.09. The molecule has 3 amide bonds. The van der Waals surface area contributed by atoms with Crippen LogP contribution >= 0.6 is 11.3 Å². The molecule has 9 heteroatoms. The number of urea groups is 1. The predicted molar refractivity (Wildman–Crippen MR) is 82.8 cm³/mol. The monoisotopic (exact) mass is 356 g/mol. The van der Waals surface area contributed by atoms with Crippen LogP contribution < -0.4 is 5.32 Å². The Labute approximate surface area is 137 Å². The number of imide groups is 1. The molecule has 23 heavy (non-hydrogen) atoms. The lowest BCUT2D eigenvalue weighted by Crippen LogP contribution is -2.49. The van der Waals surface area contributed by atoms with E-state index in [1.54, 1.807) is 11.3 Å². The zero-order chi connectivity index (χ0) is 16.4. The summed E-state index contributed by atoms with van der Waals surface area (Å²) in [5.41, 5.74) is -0.290. The third-order valence-electron chi connectivity index (χ3n) is 4.91. The highest BCUT2D eigenvalue weighted by molar-refractivity contribution is 7.91. The zero-order valence-electron chi connectivity index (χ0n) is 12.2. The Morgan fingerprint density at radius 3 is 2.83 bits per heavy atom. The lowest BCUT2D eigenvalue weighted by molar-refractivity contribution is -0.134. The number of nitrogens with zero attached hydrogens (tertiary/aromatic N) is 1. The molecule has 0 unspecified atom stereocenters. The number of hydrogen-bond acceptors (Lipinski definition) is 6. The molecule has 0 saturated carbocycles. The predicted octanol–water partition coefficient (Wildman–Crippen LogP) is -0.0106. The first-order valence-electron chi connectivity index (χ1n) is 7.45. The number of aliphatic hydroxyl groups is 1. The van der Waals surface area contributed by atoms with E-state index in [0.717, 1.165) is 28.2 Å². The van der Waals surface area contributed by atoms with Crippen molar-refractivity contribution in [3.8, 4) is 0 Å². The Morgan fingerprint density at radius 1 is 1.35 bits per heavy atom. The van der Waals surface area contributed by atoms with Crippen LogP contribution in [0.3, 0.4) is 0 Å². The number of rotatable bonds is 1. The molecule has 0 radical (unpaired) electrons. The minimum absolute atomic E-state index is 0.375. The third kappa shape index (κ3) is 2.06. The number of fused-ring (bicyclic) bond motifs is 2. The van der Waals surface area contributed by atoms with Gasteiger partial charge in [0, 0.05) is 10.4 Å². The fourth-order valence-corrected chi connectivity index (χ4v) is 6.64. The summed E-state index contributed by atoms with van der Waals surface area (Å²) in [6, 6.07) is 0.230. The van der Waals surface area contributed by atoms with E-state index in [9.17, 15) is 23.1 Å². The van der Waals surface area contributed by atoms with Crippen molar-refractivity contribution < 1.29 is 23.1 Å². The molecule has 0 aromatic carbocycles. The third-order valence-corrected chi connectivity index (χ3v) is 7.59. The Morgan fingerprint density at radius 2 is 2.13 bits per heavy atom. The van der Waals surface area contributed by atoms with Gasteiger partial charge in [0.1, 0.15) is 5.54 Å². The largest absolute Gasteiger partial charge is 0.390 e. The van der Waals surface area contributed by atoms with Crippen LogP contribution in [-0.2, 0) is 26.6 Å². The maximum Gasteiger partial charge on any atom is 0.325 e. The number of aliphatic hydroxyl groups excluding tert-OH is 1. The van der Waals surface area contributed by atoms with Gasteiger partial charge in [0.2, 0.25) is 0 Å². The van der Waals surface area contributed by atoms with E-state index in [1.165, 1.54) is 0 Å². The van der Waals surface area contributed by atoms with Gasteiger partial charge in [0.15, 0.2) is 9.84 Å². The van der Waals surface area contributed by atoms with E-state index in [2.05, 4.69) is 5.32 Å². The first-order chi connectivity index (χ1) is 10.8. The number of aryl methyl sites for hydroxylation is 1. The van der Waals surface area contributed by atoms with Crippen molar-refractivity contribution >= 4 is 33.1 Å². The standard InChI is InChI=1S/C14H16N2O5S2/c17-10-7-23(20,21)6-9(10)16-12(18)14(15-13(16)19)4-1-2-11-8(14)3-5-22-11/h3,5,9-10,17H,1-2,4,6-7H2,(H,15,19)/t9-,10+,14-/m1/s1. The molecule has 124 valence electrons. The number of amides is 3. The molecule has 7 nitrogen and oxygen atoms in total. The first-order valence-corrected chi connectivity index (χ1v) is 10.2. The van der Waals surface area contributed by atoms with E-state index in [4.69, 9.17) is 0 Å². The van der Waals surface area contributed by atoms with E-state index in [1.807, 2.05) is 11.4 Å². The molecule has 3 heterocycles. The van der Waals surface area contributed by atoms with Gasteiger partial charge in [-0.05, 0) is 30.7 Å². The van der Waals surface area contributed by atoms with Crippen LogP contribution in [0.4, 0.5) is 4.79 Å². The smallest absolute Gasteiger partial charge is 0.325 e. The van der Waals surface area contributed by atoms with Crippen LogP contribution in [-0.4, -0.2) is 54.0 Å². The molecule has 1 aromatic rings. The van der Waals surface area contributed by atoms with Crippen LogP contribution in [0.2, 0.25) is 0 Å². The summed E-state index contributed by atoms with van der Waals surface area (Å²) in [6.45, 7) is 0.